The van der Waals surface area contributed by atoms with Gasteiger partial charge in [0.25, 0.3) is 0 Å². The van der Waals surface area contributed by atoms with E-state index in [4.69, 9.17) is 9.47 Å². The van der Waals surface area contributed by atoms with Crippen LogP contribution in [-0.4, -0.2) is 19.1 Å². The van der Waals surface area contributed by atoms with Crippen molar-refractivity contribution in [3.05, 3.63) is 29.8 Å². The third-order valence-corrected chi connectivity index (χ3v) is 4.50. The highest BCUT2D eigenvalue weighted by molar-refractivity contribution is 5.53. The van der Waals surface area contributed by atoms with Gasteiger partial charge in [-0.15, -0.1) is 13.2 Å². The molecule has 0 unspecified atom stereocenters. The molecule has 0 atom stereocenters. The van der Waals surface area contributed by atoms with E-state index in [9.17, 15) is 13.2 Å². The predicted octanol–water partition coefficient (Wildman–Crippen LogP) is 5.56. The Morgan fingerprint density at radius 1 is 1.08 bits per heavy atom. The van der Waals surface area contributed by atoms with E-state index in [1.54, 1.807) is 13.0 Å². The number of hydrogen-bond donors (Lipinski definition) is 0. The van der Waals surface area contributed by atoms with Gasteiger partial charge >= 0.3 is 6.36 Å². The molecule has 2 saturated carbocycles. The second-order valence-corrected chi connectivity index (χ2v) is 6.66. The summed E-state index contributed by atoms with van der Waals surface area (Å²) < 4.78 is 54.1. The molecule has 6 heteroatoms. The summed E-state index contributed by atoms with van der Waals surface area (Å²) in [5.41, 5.74) is 0.299. The number of rotatable bonds is 7. The van der Waals surface area contributed by atoms with Gasteiger partial charge in [-0.25, -0.2) is 0 Å². The first-order valence-corrected chi connectivity index (χ1v) is 8.78. The molecule has 138 valence electrons. The fourth-order valence-electron chi connectivity index (χ4n) is 3.00. The lowest BCUT2D eigenvalue weighted by atomic mass is 10.1. The van der Waals surface area contributed by atoms with Gasteiger partial charge in [-0.2, -0.15) is 0 Å². The van der Waals surface area contributed by atoms with Gasteiger partial charge in [0.15, 0.2) is 11.5 Å². The van der Waals surface area contributed by atoms with Crippen LogP contribution in [0.15, 0.2) is 24.3 Å². The molecule has 0 bridgehead atoms. The summed E-state index contributed by atoms with van der Waals surface area (Å²) in [7, 11) is 0. The van der Waals surface area contributed by atoms with E-state index in [1.807, 2.05) is 6.08 Å². The zero-order valence-corrected chi connectivity index (χ0v) is 14.3. The molecule has 0 aromatic heterocycles. The highest BCUT2D eigenvalue weighted by atomic mass is 19.4. The van der Waals surface area contributed by atoms with Gasteiger partial charge in [0, 0.05) is 5.56 Å². The Labute approximate surface area is 145 Å². The molecule has 3 nitrogen and oxygen atoms in total. The monoisotopic (exact) mass is 356 g/mol. The van der Waals surface area contributed by atoms with E-state index < -0.39 is 6.36 Å². The summed E-state index contributed by atoms with van der Waals surface area (Å²) in [5, 5.41) is 0. The molecule has 0 heterocycles. The van der Waals surface area contributed by atoms with Gasteiger partial charge in [-0.1, -0.05) is 12.2 Å². The van der Waals surface area contributed by atoms with E-state index in [-0.39, 0.29) is 17.6 Å². The Morgan fingerprint density at radius 3 is 2.40 bits per heavy atom. The van der Waals surface area contributed by atoms with Gasteiger partial charge in [0.1, 0.15) is 12.4 Å². The first-order valence-electron chi connectivity index (χ1n) is 8.78. The van der Waals surface area contributed by atoms with Crippen molar-refractivity contribution in [3.8, 4) is 17.2 Å². The van der Waals surface area contributed by atoms with Crippen LogP contribution >= 0.6 is 0 Å². The lowest BCUT2D eigenvalue weighted by molar-refractivity contribution is -0.275. The largest absolute Gasteiger partial charge is 0.573 e. The SMILES string of the molecule is Cc1c(OC/C=C/C2CC2)ccc(OC2CCCC2)c1OC(F)(F)F. The maximum atomic E-state index is 12.8. The van der Waals surface area contributed by atoms with Crippen molar-refractivity contribution >= 4 is 0 Å². The second-order valence-electron chi connectivity index (χ2n) is 6.66. The van der Waals surface area contributed by atoms with Crippen LogP contribution in [0.1, 0.15) is 44.1 Å². The van der Waals surface area contributed by atoms with Crippen molar-refractivity contribution in [1.29, 1.82) is 0 Å². The second kappa shape index (κ2) is 7.58. The average Bonchev–Trinajstić information content (AvgIpc) is 3.22. The topological polar surface area (TPSA) is 27.7 Å². The third-order valence-electron chi connectivity index (χ3n) is 4.50. The normalized spacial score (nSPS) is 18.7. The maximum absolute atomic E-state index is 12.8. The fraction of sp³-hybridized carbons (Fsp3) is 0.579. The van der Waals surface area contributed by atoms with Gasteiger partial charge in [-0.05, 0) is 63.5 Å². The highest BCUT2D eigenvalue weighted by Gasteiger charge is 2.34. The van der Waals surface area contributed by atoms with Crippen molar-refractivity contribution in [3.63, 3.8) is 0 Å². The minimum Gasteiger partial charge on any atom is -0.489 e. The summed E-state index contributed by atoms with van der Waals surface area (Å²) in [5.74, 6) is 0.833. The van der Waals surface area contributed by atoms with Crippen molar-refractivity contribution in [2.45, 2.75) is 57.9 Å². The number of allylic oxidation sites excluding steroid dienone is 1. The van der Waals surface area contributed by atoms with Gasteiger partial charge < -0.3 is 14.2 Å². The molecule has 0 radical (unpaired) electrons. The summed E-state index contributed by atoms with van der Waals surface area (Å²) in [6.45, 7) is 1.88. The summed E-state index contributed by atoms with van der Waals surface area (Å²) in [6.07, 6.45) is 5.35. The molecule has 0 saturated heterocycles. The Hall–Kier alpha value is -1.85. The van der Waals surface area contributed by atoms with Gasteiger partial charge in [-0.3, -0.25) is 0 Å². The molecule has 0 amide bonds. The first kappa shape index (κ1) is 18.0. The smallest absolute Gasteiger partial charge is 0.489 e. The standard InChI is InChI=1S/C19H23F3O3/c1-13-16(23-12-4-5-14-8-9-14)10-11-17(18(13)25-19(20,21)22)24-15-6-2-3-7-15/h4-5,10-11,14-15H,2-3,6-9,12H2,1H3/b5-4+. The Bertz CT molecular complexity index is 615. The summed E-state index contributed by atoms with van der Waals surface area (Å²) in [6, 6.07) is 3.15. The quantitative estimate of drug-likeness (QED) is 0.599. The predicted molar refractivity (Wildman–Crippen MR) is 88.1 cm³/mol. The Balaban J connectivity index is 1.75. The average molecular weight is 356 g/mol. The van der Waals surface area contributed by atoms with Gasteiger partial charge in [0.05, 0.1) is 6.10 Å². The molecule has 0 aliphatic heterocycles. The van der Waals surface area contributed by atoms with Crippen LogP contribution in [0.3, 0.4) is 0 Å². The van der Waals surface area contributed by atoms with Crippen molar-refractivity contribution in [1.82, 2.24) is 0 Å². The zero-order valence-electron chi connectivity index (χ0n) is 14.3. The Morgan fingerprint density at radius 2 is 1.76 bits per heavy atom. The number of alkyl halides is 3. The van der Waals surface area contributed by atoms with E-state index >= 15 is 0 Å². The van der Waals surface area contributed by atoms with Crippen LogP contribution in [0, 0.1) is 12.8 Å². The molecule has 0 N–H and O–H groups in total. The van der Waals surface area contributed by atoms with Crippen LogP contribution in [-0.2, 0) is 0 Å². The number of ether oxygens (including phenoxy) is 3. The van der Waals surface area contributed by atoms with E-state index in [2.05, 4.69) is 10.8 Å². The molecule has 2 aliphatic carbocycles. The lowest BCUT2D eigenvalue weighted by Crippen LogP contribution is -2.20. The third kappa shape index (κ3) is 5.31. The van der Waals surface area contributed by atoms with E-state index in [1.165, 1.54) is 18.9 Å². The van der Waals surface area contributed by atoms with Crippen molar-refractivity contribution < 1.29 is 27.4 Å². The summed E-state index contributed by atoms with van der Waals surface area (Å²) >= 11 is 0. The summed E-state index contributed by atoms with van der Waals surface area (Å²) in [4.78, 5) is 0. The van der Waals surface area contributed by atoms with Crippen molar-refractivity contribution in [2.24, 2.45) is 5.92 Å². The number of halogens is 3. The molecule has 3 rings (SSSR count). The molecular weight excluding hydrogens is 333 g/mol. The van der Waals surface area contributed by atoms with Gasteiger partial charge in [0.2, 0.25) is 0 Å². The highest BCUT2D eigenvalue weighted by Crippen LogP contribution is 2.41. The molecule has 25 heavy (non-hydrogen) atoms. The van der Waals surface area contributed by atoms with E-state index in [0.717, 1.165) is 25.7 Å². The van der Waals surface area contributed by atoms with Crippen LogP contribution in [0.4, 0.5) is 13.2 Å². The minimum absolute atomic E-state index is 0.0526. The first-order chi connectivity index (χ1) is 11.9. The fourth-order valence-corrected chi connectivity index (χ4v) is 3.00. The Kier molecular flexibility index (Phi) is 5.45. The maximum Gasteiger partial charge on any atom is 0.573 e. The number of hydrogen-bond acceptors (Lipinski definition) is 3. The molecule has 1 aromatic carbocycles. The molecule has 2 fully saturated rings. The van der Waals surface area contributed by atoms with Crippen LogP contribution in [0.25, 0.3) is 0 Å². The molecule has 0 spiro atoms. The van der Waals surface area contributed by atoms with Crippen LogP contribution < -0.4 is 14.2 Å². The number of benzene rings is 1. The molecule has 2 aliphatic rings. The molecule has 1 aromatic rings. The lowest BCUT2D eigenvalue weighted by Gasteiger charge is -2.20. The zero-order chi connectivity index (χ0) is 17.9. The van der Waals surface area contributed by atoms with E-state index in [0.29, 0.717) is 23.8 Å². The minimum atomic E-state index is -4.77. The molecular formula is C19H23F3O3. The van der Waals surface area contributed by atoms with Crippen LogP contribution in [0.5, 0.6) is 17.2 Å². The van der Waals surface area contributed by atoms with Crippen molar-refractivity contribution in [2.75, 3.05) is 6.61 Å². The van der Waals surface area contributed by atoms with Crippen LogP contribution in [0.2, 0.25) is 0 Å².